The van der Waals surface area contributed by atoms with Crippen LogP contribution in [0.3, 0.4) is 0 Å². The van der Waals surface area contributed by atoms with Crippen molar-refractivity contribution >= 4 is 5.78 Å². The maximum atomic E-state index is 11.8. The normalized spacial score (nSPS) is 28.7. The van der Waals surface area contributed by atoms with Crippen molar-refractivity contribution in [1.82, 2.24) is 0 Å². The first-order valence-electron chi connectivity index (χ1n) is 5.91. The largest absolute Gasteiger partial charge is 0.384 e. The van der Waals surface area contributed by atoms with Gasteiger partial charge in [-0.1, -0.05) is 0 Å². The van der Waals surface area contributed by atoms with E-state index in [1.54, 1.807) is 7.11 Å². The van der Waals surface area contributed by atoms with E-state index < -0.39 is 0 Å². The van der Waals surface area contributed by atoms with Crippen LogP contribution >= 0.6 is 0 Å². The van der Waals surface area contributed by atoms with Gasteiger partial charge in [0.25, 0.3) is 0 Å². The summed E-state index contributed by atoms with van der Waals surface area (Å²) in [5.74, 6) is 0.598. The molecule has 1 saturated heterocycles. The summed E-state index contributed by atoms with van der Waals surface area (Å²) in [6, 6.07) is 0. The number of carbonyl (C=O) groups is 1. The third-order valence-corrected chi connectivity index (χ3v) is 3.77. The van der Waals surface area contributed by atoms with Crippen molar-refractivity contribution < 1.29 is 14.3 Å². The number of ether oxygens (including phenoxy) is 2. The molecule has 1 aliphatic carbocycles. The minimum absolute atomic E-state index is 0.0889. The number of hydrogen-bond donors (Lipinski definition) is 0. The molecule has 2 aliphatic rings. The van der Waals surface area contributed by atoms with Crippen LogP contribution in [-0.2, 0) is 14.3 Å². The van der Waals surface area contributed by atoms with Crippen LogP contribution in [0.5, 0.6) is 0 Å². The fraction of sp³-hybridized carbons (Fsp3) is 0.917. The van der Waals surface area contributed by atoms with E-state index in [4.69, 9.17) is 9.47 Å². The van der Waals surface area contributed by atoms with Gasteiger partial charge < -0.3 is 9.47 Å². The first kappa shape index (κ1) is 11.1. The average molecular weight is 212 g/mol. The number of methoxy groups -OCH3 is 1. The van der Waals surface area contributed by atoms with Gasteiger partial charge in [-0.05, 0) is 32.1 Å². The molecule has 2 fully saturated rings. The van der Waals surface area contributed by atoms with Crippen LogP contribution in [0.2, 0.25) is 0 Å². The molecule has 1 unspecified atom stereocenters. The summed E-state index contributed by atoms with van der Waals surface area (Å²) < 4.78 is 10.7. The SMILES string of the molecule is COCCC(=O)C1CCOC2(CCC2)C1. The highest BCUT2D eigenvalue weighted by atomic mass is 16.5. The van der Waals surface area contributed by atoms with Gasteiger partial charge >= 0.3 is 0 Å². The predicted octanol–water partition coefficient (Wildman–Crippen LogP) is 1.94. The monoisotopic (exact) mass is 212 g/mol. The lowest BCUT2D eigenvalue weighted by molar-refractivity contribution is -0.156. The Balaban J connectivity index is 1.84. The van der Waals surface area contributed by atoms with Crippen LogP contribution in [0.15, 0.2) is 0 Å². The molecule has 0 aromatic carbocycles. The third-order valence-electron chi connectivity index (χ3n) is 3.77. The minimum atomic E-state index is 0.0889. The number of rotatable bonds is 4. The molecule has 3 heteroatoms. The Hall–Kier alpha value is -0.410. The predicted molar refractivity (Wildman–Crippen MR) is 56.8 cm³/mol. The van der Waals surface area contributed by atoms with Gasteiger partial charge in [-0.3, -0.25) is 4.79 Å². The zero-order valence-corrected chi connectivity index (χ0v) is 9.46. The standard InChI is InChI=1S/C12H20O3/c1-14-7-4-11(13)10-3-8-15-12(9-10)5-2-6-12/h10H,2-9H2,1H3. The minimum Gasteiger partial charge on any atom is -0.384 e. The Morgan fingerprint density at radius 3 is 2.93 bits per heavy atom. The second-order valence-electron chi connectivity index (χ2n) is 4.78. The number of hydrogen-bond acceptors (Lipinski definition) is 3. The number of ketones is 1. The quantitative estimate of drug-likeness (QED) is 0.714. The van der Waals surface area contributed by atoms with E-state index in [1.165, 1.54) is 6.42 Å². The summed E-state index contributed by atoms with van der Waals surface area (Å²) >= 11 is 0. The first-order chi connectivity index (χ1) is 7.26. The van der Waals surface area contributed by atoms with Crippen molar-refractivity contribution in [2.45, 2.75) is 44.1 Å². The number of Topliss-reactive ketones (excluding diaryl/α,β-unsaturated/α-hetero) is 1. The molecule has 1 saturated carbocycles. The van der Waals surface area contributed by atoms with Crippen molar-refractivity contribution in [1.29, 1.82) is 0 Å². The molecule has 0 radical (unpaired) electrons. The van der Waals surface area contributed by atoms with E-state index in [1.807, 2.05) is 0 Å². The Kier molecular flexibility index (Phi) is 3.42. The molecule has 0 N–H and O–H groups in total. The van der Waals surface area contributed by atoms with E-state index in [-0.39, 0.29) is 11.5 Å². The van der Waals surface area contributed by atoms with Gasteiger partial charge in [0, 0.05) is 26.1 Å². The molecule has 86 valence electrons. The van der Waals surface area contributed by atoms with E-state index in [2.05, 4.69) is 0 Å². The van der Waals surface area contributed by atoms with Crippen molar-refractivity contribution in [2.24, 2.45) is 5.92 Å². The van der Waals surface area contributed by atoms with Crippen LogP contribution in [0.4, 0.5) is 0 Å². The van der Waals surface area contributed by atoms with Gasteiger partial charge in [0.1, 0.15) is 5.78 Å². The molecule has 1 atom stereocenters. The second-order valence-corrected chi connectivity index (χ2v) is 4.78. The fourth-order valence-corrected chi connectivity index (χ4v) is 2.63. The summed E-state index contributed by atoms with van der Waals surface area (Å²) in [7, 11) is 1.64. The van der Waals surface area contributed by atoms with Crippen LogP contribution in [-0.4, -0.2) is 31.7 Å². The summed E-state index contributed by atoms with van der Waals surface area (Å²) in [4.78, 5) is 11.8. The Labute approximate surface area is 91.1 Å². The molecule has 0 aromatic rings. The average Bonchev–Trinajstić information content (AvgIpc) is 2.24. The Morgan fingerprint density at radius 2 is 2.33 bits per heavy atom. The maximum Gasteiger partial charge on any atom is 0.138 e. The van der Waals surface area contributed by atoms with Crippen LogP contribution in [0.25, 0.3) is 0 Å². The zero-order chi connectivity index (χ0) is 10.7. The topological polar surface area (TPSA) is 35.5 Å². The van der Waals surface area contributed by atoms with Crippen molar-refractivity contribution in [3.05, 3.63) is 0 Å². The molecule has 1 heterocycles. The van der Waals surface area contributed by atoms with E-state index in [0.29, 0.717) is 18.8 Å². The lowest BCUT2D eigenvalue weighted by Gasteiger charge is -2.46. The third kappa shape index (κ3) is 2.40. The van der Waals surface area contributed by atoms with Gasteiger partial charge in [0.05, 0.1) is 12.2 Å². The van der Waals surface area contributed by atoms with E-state index in [0.717, 1.165) is 32.3 Å². The maximum absolute atomic E-state index is 11.8. The van der Waals surface area contributed by atoms with Crippen LogP contribution < -0.4 is 0 Å². The van der Waals surface area contributed by atoms with Crippen LogP contribution in [0.1, 0.15) is 38.5 Å². The molecule has 2 rings (SSSR count). The van der Waals surface area contributed by atoms with Gasteiger partial charge in [-0.15, -0.1) is 0 Å². The number of carbonyl (C=O) groups excluding carboxylic acids is 1. The fourth-order valence-electron chi connectivity index (χ4n) is 2.63. The van der Waals surface area contributed by atoms with Crippen molar-refractivity contribution in [3.8, 4) is 0 Å². The van der Waals surface area contributed by atoms with Crippen molar-refractivity contribution in [2.75, 3.05) is 20.3 Å². The Morgan fingerprint density at radius 1 is 1.53 bits per heavy atom. The Bertz CT molecular complexity index is 233. The molecular formula is C12H20O3. The molecular weight excluding hydrogens is 192 g/mol. The highest BCUT2D eigenvalue weighted by Gasteiger charge is 2.43. The highest BCUT2D eigenvalue weighted by molar-refractivity contribution is 5.81. The van der Waals surface area contributed by atoms with Gasteiger partial charge in [0.15, 0.2) is 0 Å². The smallest absolute Gasteiger partial charge is 0.138 e. The first-order valence-corrected chi connectivity index (χ1v) is 5.91. The molecule has 0 bridgehead atoms. The molecule has 1 aliphatic heterocycles. The summed E-state index contributed by atoms with van der Waals surface area (Å²) in [6.07, 6.45) is 6.00. The molecule has 15 heavy (non-hydrogen) atoms. The molecule has 1 spiro atoms. The lowest BCUT2D eigenvalue weighted by atomic mass is 9.71. The summed E-state index contributed by atoms with van der Waals surface area (Å²) in [5, 5.41) is 0. The van der Waals surface area contributed by atoms with Crippen molar-refractivity contribution in [3.63, 3.8) is 0 Å². The van der Waals surface area contributed by atoms with Gasteiger partial charge in [0.2, 0.25) is 0 Å². The van der Waals surface area contributed by atoms with Crippen LogP contribution in [0, 0.1) is 5.92 Å². The van der Waals surface area contributed by atoms with Gasteiger partial charge in [-0.2, -0.15) is 0 Å². The summed E-state index contributed by atoms with van der Waals surface area (Å²) in [5.41, 5.74) is 0.0889. The van der Waals surface area contributed by atoms with E-state index in [9.17, 15) is 4.79 Å². The molecule has 0 aromatic heterocycles. The van der Waals surface area contributed by atoms with E-state index >= 15 is 0 Å². The molecule has 3 nitrogen and oxygen atoms in total. The highest BCUT2D eigenvalue weighted by Crippen LogP contribution is 2.44. The lowest BCUT2D eigenvalue weighted by Crippen LogP contribution is -2.47. The second kappa shape index (κ2) is 4.62. The summed E-state index contributed by atoms with van der Waals surface area (Å²) in [6.45, 7) is 1.33. The molecule has 0 amide bonds. The zero-order valence-electron chi connectivity index (χ0n) is 9.46. The van der Waals surface area contributed by atoms with Gasteiger partial charge in [-0.25, -0.2) is 0 Å².